The van der Waals surface area contributed by atoms with Crippen LogP contribution in [0.4, 0.5) is 0 Å². The van der Waals surface area contributed by atoms with E-state index in [1.807, 2.05) is 25.1 Å². The van der Waals surface area contributed by atoms with Gasteiger partial charge in [-0.3, -0.25) is 14.1 Å². The zero-order valence-electron chi connectivity index (χ0n) is 34.0. The average Bonchev–Trinajstić information content (AvgIpc) is 3.26. The molecule has 0 saturated carbocycles. The molecular formula is C42H51N2O17P. The summed E-state index contributed by atoms with van der Waals surface area (Å²) in [5, 5.41) is 74.7. The summed E-state index contributed by atoms with van der Waals surface area (Å²) in [5.41, 5.74) is 5.77. The van der Waals surface area contributed by atoms with Crippen molar-refractivity contribution in [2.75, 3.05) is 27.3 Å². The van der Waals surface area contributed by atoms with Crippen molar-refractivity contribution in [1.82, 2.24) is 10.6 Å². The van der Waals surface area contributed by atoms with Crippen LogP contribution in [0.2, 0.25) is 0 Å². The zero-order chi connectivity index (χ0) is 45.5. The van der Waals surface area contributed by atoms with Crippen molar-refractivity contribution in [3.8, 4) is 33.8 Å². The minimum atomic E-state index is -4.84. The molecule has 0 bridgehead atoms. The van der Waals surface area contributed by atoms with Gasteiger partial charge in [0, 0.05) is 25.2 Å². The van der Waals surface area contributed by atoms with Gasteiger partial charge in [0.1, 0.15) is 60.3 Å². The number of carbonyl (C=O) groups excluding carboxylic acids is 2. The van der Waals surface area contributed by atoms with Crippen LogP contribution in [0.25, 0.3) is 22.3 Å². The van der Waals surface area contributed by atoms with Crippen LogP contribution in [-0.4, -0.2) is 146 Å². The zero-order valence-corrected chi connectivity index (χ0v) is 34.9. The van der Waals surface area contributed by atoms with E-state index in [0.29, 0.717) is 28.2 Å². The number of amides is 2. The van der Waals surface area contributed by atoms with E-state index in [1.165, 1.54) is 0 Å². The number of rotatable bonds is 12. The molecule has 62 heavy (non-hydrogen) atoms. The summed E-state index contributed by atoms with van der Waals surface area (Å²) in [7, 11) is -1.71. The summed E-state index contributed by atoms with van der Waals surface area (Å²) in [6, 6.07) is 24.8. The van der Waals surface area contributed by atoms with E-state index in [9.17, 15) is 49.9 Å². The maximum atomic E-state index is 11.9. The highest BCUT2D eigenvalue weighted by Crippen LogP contribution is 2.38. The predicted octanol–water partition coefficient (Wildman–Crippen LogP) is 0.518. The Morgan fingerprint density at radius 1 is 0.597 bits per heavy atom. The summed E-state index contributed by atoms with van der Waals surface area (Å²) in [6.45, 7) is 2.31. The Bertz CT molecular complexity index is 2220. The minimum absolute atomic E-state index is 0.175. The second-order valence-electron chi connectivity index (χ2n) is 14.5. The van der Waals surface area contributed by atoms with Crippen molar-refractivity contribution in [3.05, 3.63) is 107 Å². The van der Waals surface area contributed by atoms with Crippen LogP contribution < -0.4 is 20.1 Å². The number of hydrogen-bond donors (Lipinski definition) is 11. The third-order valence-corrected chi connectivity index (χ3v) is 10.6. The van der Waals surface area contributed by atoms with Gasteiger partial charge in [-0.25, -0.2) is 4.57 Å². The topological polar surface area (TPSA) is 303 Å². The van der Waals surface area contributed by atoms with Crippen LogP contribution in [0.5, 0.6) is 11.5 Å². The van der Waals surface area contributed by atoms with Crippen LogP contribution in [0.1, 0.15) is 31.8 Å². The molecule has 0 aromatic heterocycles. The van der Waals surface area contributed by atoms with Crippen molar-refractivity contribution in [2.24, 2.45) is 0 Å². The Kier molecular flexibility index (Phi) is 16.3. The van der Waals surface area contributed by atoms with Crippen molar-refractivity contribution in [3.63, 3.8) is 0 Å². The predicted molar refractivity (Wildman–Crippen MR) is 220 cm³/mol. The molecule has 2 amide bonds. The Morgan fingerprint density at radius 3 is 1.39 bits per heavy atom. The summed E-state index contributed by atoms with van der Waals surface area (Å²) in [5.74, 6) is 0.338. The van der Waals surface area contributed by atoms with Crippen molar-refractivity contribution in [2.45, 2.75) is 75.3 Å². The van der Waals surface area contributed by atoms with Crippen LogP contribution in [0.15, 0.2) is 84.9 Å². The molecule has 2 fully saturated rings. The molecule has 11 N–H and O–H groups in total. The molecule has 20 heteroatoms. The summed E-state index contributed by atoms with van der Waals surface area (Å²) >= 11 is 0. The molecule has 336 valence electrons. The Hall–Kier alpha value is -4.83. The first kappa shape index (κ1) is 48.2. The third-order valence-electron chi connectivity index (χ3n) is 10.1. The Morgan fingerprint density at radius 2 is 1.00 bits per heavy atom. The third kappa shape index (κ3) is 11.8. The summed E-state index contributed by atoms with van der Waals surface area (Å²) in [6.07, 6.45) is -14.5. The molecule has 0 radical (unpaired) electrons. The normalized spacial score (nSPS) is 26.1. The van der Waals surface area contributed by atoms with Gasteiger partial charge in [-0.2, -0.15) is 0 Å². The van der Waals surface area contributed by atoms with E-state index in [4.69, 9.17) is 28.7 Å². The fourth-order valence-electron chi connectivity index (χ4n) is 6.63. The van der Waals surface area contributed by atoms with Crippen molar-refractivity contribution < 1.29 is 83.2 Å². The highest BCUT2D eigenvalue weighted by atomic mass is 31.2. The monoisotopic (exact) mass is 886 g/mol. The van der Waals surface area contributed by atoms with E-state index in [2.05, 4.69) is 15.2 Å². The molecule has 2 saturated heterocycles. The lowest BCUT2D eigenvalue weighted by Gasteiger charge is -2.40. The van der Waals surface area contributed by atoms with Gasteiger partial charge in [0.15, 0.2) is 0 Å². The van der Waals surface area contributed by atoms with Gasteiger partial charge in [-0.15, -0.1) is 0 Å². The van der Waals surface area contributed by atoms with E-state index in [1.54, 1.807) is 87.7 Å². The maximum absolute atomic E-state index is 11.9. The van der Waals surface area contributed by atoms with Gasteiger partial charge in [0.2, 0.25) is 12.6 Å². The number of aryl methyl sites for hydroxylation is 2. The maximum Gasteiger partial charge on any atom is 0.469 e. The SMILES string of the molecule is CNC(=O)c1cccc(-c2ccc(O[C@H]3O[C@@H](CO)[C@@H](O)[C@H](O)[C@H]3O)c(C)c2)c1.CNC(=O)c1cccc(-c2ccc(O[C@H]3O[C@@H](COP(=O)(O)O)[C@@H](O)[C@H](O)[C@H]3O)c(C)c2)c1. The van der Waals surface area contributed by atoms with E-state index < -0.39 is 82.4 Å². The molecule has 4 aromatic carbocycles. The van der Waals surface area contributed by atoms with E-state index in [-0.39, 0.29) is 11.8 Å². The van der Waals surface area contributed by atoms with Crippen LogP contribution in [0.3, 0.4) is 0 Å². The average molecular weight is 887 g/mol. The van der Waals surface area contributed by atoms with Gasteiger partial charge < -0.3 is 75.1 Å². The number of benzene rings is 4. The number of phosphoric ester groups is 1. The van der Waals surface area contributed by atoms with Gasteiger partial charge in [-0.05, 0) is 95.8 Å². The molecule has 2 aliphatic heterocycles. The van der Waals surface area contributed by atoms with E-state index >= 15 is 0 Å². The highest BCUT2D eigenvalue weighted by molar-refractivity contribution is 7.46. The number of phosphoric acid groups is 1. The van der Waals surface area contributed by atoms with Crippen LogP contribution in [0, 0.1) is 13.8 Å². The summed E-state index contributed by atoms with van der Waals surface area (Å²) in [4.78, 5) is 41.5. The number of carbonyl (C=O) groups is 2. The molecule has 0 aliphatic carbocycles. The quantitative estimate of drug-likeness (QED) is 0.0864. The molecule has 19 nitrogen and oxygen atoms in total. The molecule has 2 aliphatic rings. The number of nitrogens with one attached hydrogen (secondary N) is 2. The molecule has 0 spiro atoms. The fourth-order valence-corrected chi connectivity index (χ4v) is 6.97. The Labute approximate surface area is 356 Å². The Balaban J connectivity index is 0.000000236. The molecule has 4 aromatic rings. The first-order valence-corrected chi connectivity index (χ1v) is 20.8. The molecular weight excluding hydrogens is 835 g/mol. The second kappa shape index (κ2) is 21.0. The van der Waals surface area contributed by atoms with Crippen LogP contribution >= 0.6 is 7.82 Å². The number of aliphatic hydroxyl groups excluding tert-OH is 7. The first-order valence-electron chi connectivity index (χ1n) is 19.3. The first-order chi connectivity index (χ1) is 29.3. The highest BCUT2D eigenvalue weighted by Gasteiger charge is 2.46. The number of ether oxygens (including phenoxy) is 4. The van der Waals surface area contributed by atoms with Gasteiger partial charge >= 0.3 is 7.82 Å². The lowest BCUT2D eigenvalue weighted by Crippen LogP contribution is -2.60. The fraction of sp³-hybridized carbons (Fsp3) is 0.381. The van der Waals surface area contributed by atoms with E-state index in [0.717, 1.165) is 27.8 Å². The van der Waals surface area contributed by atoms with Gasteiger partial charge in [0.05, 0.1) is 13.2 Å². The largest absolute Gasteiger partial charge is 0.469 e. The summed E-state index contributed by atoms with van der Waals surface area (Å²) < 4.78 is 37.5. The minimum Gasteiger partial charge on any atom is -0.462 e. The second-order valence-corrected chi connectivity index (χ2v) is 15.8. The van der Waals surface area contributed by atoms with Gasteiger partial charge in [0.25, 0.3) is 11.8 Å². The van der Waals surface area contributed by atoms with Gasteiger partial charge in [-0.1, -0.05) is 36.4 Å². The molecule has 6 rings (SSSR count). The van der Waals surface area contributed by atoms with Crippen molar-refractivity contribution >= 4 is 19.6 Å². The number of aliphatic hydroxyl groups is 7. The lowest BCUT2D eigenvalue weighted by atomic mass is 9.99. The number of hydrogen-bond acceptors (Lipinski definition) is 15. The lowest BCUT2D eigenvalue weighted by molar-refractivity contribution is -0.277. The van der Waals surface area contributed by atoms with Crippen molar-refractivity contribution in [1.29, 1.82) is 0 Å². The standard InChI is InChI=1S/C21H26NO10P.C21H25NO7/c1-11-8-13(12-4-3-5-14(9-12)20(26)22-2)6-7-15(11)31-21-19(25)18(24)17(23)16(32-21)10-30-33(27,28)29;1-11-8-13(12-4-3-5-14(9-12)20(27)22-2)6-7-15(11)28-21-19(26)18(25)17(24)16(10-23)29-21/h3-9,16-19,21,23-25H,10H2,1-2H3,(H,22,26)(H2,27,28,29);3-9,16-19,21,23-26H,10H2,1-2H3,(H,22,27)/t2*16-,17+,18-,19+,21-/m00/s1. The smallest absolute Gasteiger partial charge is 0.462 e. The molecule has 2 heterocycles. The molecule has 10 atom stereocenters. The molecule has 0 unspecified atom stereocenters. The van der Waals surface area contributed by atoms with Crippen LogP contribution in [-0.2, 0) is 18.6 Å².